The summed E-state index contributed by atoms with van der Waals surface area (Å²) in [6.07, 6.45) is 0. The van der Waals surface area contributed by atoms with Crippen LogP contribution >= 0.6 is 0 Å². The monoisotopic (exact) mass is 352 g/mol. The Balaban J connectivity index is 1.58. The van der Waals surface area contributed by atoms with E-state index >= 15 is 0 Å². The summed E-state index contributed by atoms with van der Waals surface area (Å²) >= 11 is 0. The number of aliphatic imine (C=N–C) groups is 1. The number of nitrogens with one attached hydrogen (secondary N) is 1. The molecule has 1 fully saturated rings. The zero-order valence-electron chi connectivity index (χ0n) is 15.9. The van der Waals surface area contributed by atoms with E-state index in [9.17, 15) is 5.11 Å². The maximum Gasteiger partial charge on any atom is 0.194 e. The van der Waals surface area contributed by atoms with Gasteiger partial charge in [-0.05, 0) is 37.1 Å². The van der Waals surface area contributed by atoms with Gasteiger partial charge in [0.15, 0.2) is 5.96 Å². The number of phenolic OH excluding ortho intramolecular Hbond substituents is 1. The molecule has 1 saturated heterocycles. The highest BCUT2D eigenvalue weighted by Crippen LogP contribution is 2.27. The van der Waals surface area contributed by atoms with Crippen LogP contribution in [0.1, 0.15) is 16.7 Å². The Morgan fingerprint density at radius 1 is 1.08 bits per heavy atom. The smallest absolute Gasteiger partial charge is 0.194 e. The second kappa shape index (κ2) is 8.13. The van der Waals surface area contributed by atoms with Gasteiger partial charge in [-0.3, -0.25) is 4.99 Å². The predicted octanol–water partition coefficient (Wildman–Crippen LogP) is 2.91. The van der Waals surface area contributed by atoms with Crippen molar-refractivity contribution in [3.63, 3.8) is 0 Å². The minimum absolute atomic E-state index is 0.346. The van der Waals surface area contributed by atoms with Crippen LogP contribution in [0.3, 0.4) is 0 Å². The summed E-state index contributed by atoms with van der Waals surface area (Å²) in [5, 5.41) is 13.5. The van der Waals surface area contributed by atoms with E-state index in [1.165, 1.54) is 16.7 Å². The summed E-state index contributed by atoms with van der Waals surface area (Å²) in [7, 11) is 1.83. The SMILES string of the molecule is CN=C(NCc1ccc(C)cc1C)N1CCN(c2ccccc2O)CC1. The Bertz CT molecular complexity index is 779. The molecule has 2 N–H and O–H groups in total. The number of anilines is 1. The number of para-hydroxylation sites is 2. The first-order valence-electron chi connectivity index (χ1n) is 9.13. The molecule has 2 aromatic rings. The van der Waals surface area contributed by atoms with Crippen molar-refractivity contribution in [2.75, 3.05) is 38.1 Å². The van der Waals surface area contributed by atoms with Crippen LogP contribution in [0.4, 0.5) is 5.69 Å². The number of phenols is 1. The molecular weight excluding hydrogens is 324 g/mol. The van der Waals surface area contributed by atoms with Crippen molar-refractivity contribution < 1.29 is 5.11 Å². The standard InChI is InChI=1S/C21H28N4O/c1-16-8-9-18(17(2)14-16)15-23-21(22-3)25-12-10-24(11-13-25)19-6-4-5-7-20(19)26/h4-9,14,26H,10-13,15H2,1-3H3,(H,22,23). The molecule has 3 rings (SSSR count). The number of piperazine rings is 1. The molecule has 26 heavy (non-hydrogen) atoms. The molecule has 0 radical (unpaired) electrons. The van der Waals surface area contributed by atoms with Crippen molar-refractivity contribution in [1.29, 1.82) is 0 Å². The number of nitrogens with zero attached hydrogens (tertiary/aromatic N) is 3. The highest BCUT2D eigenvalue weighted by atomic mass is 16.3. The Kier molecular flexibility index (Phi) is 5.66. The Labute approximate surface area is 156 Å². The first kappa shape index (κ1) is 18.1. The van der Waals surface area contributed by atoms with E-state index < -0.39 is 0 Å². The van der Waals surface area contributed by atoms with Crippen LogP contribution in [0.5, 0.6) is 5.75 Å². The van der Waals surface area contributed by atoms with Crippen LogP contribution in [0.15, 0.2) is 47.5 Å². The molecule has 0 amide bonds. The van der Waals surface area contributed by atoms with Gasteiger partial charge < -0.3 is 20.2 Å². The molecule has 138 valence electrons. The summed E-state index contributed by atoms with van der Waals surface area (Å²) in [4.78, 5) is 8.96. The van der Waals surface area contributed by atoms with Crippen molar-refractivity contribution in [3.8, 4) is 5.75 Å². The summed E-state index contributed by atoms with van der Waals surface area (Å²) in [6.45, 7) is 8.52. The lowest BCUT2D eigenvalue weighted by atomic mass is 10.1. The molecule has 2 aromatic carbocycles. The van der Waals surface area contributed by atoms with Gasteiger partial charge in [-0.2, -0.15) is 0 Å². The zero-order chi connectivity index (χ0) is 18.5. The van der Waals surface area contributed by atoms with Crippen LogP contribution in [0.2, 0.25) is 0 Å². The number of rotatable bonds is 3. The lowest BCUT2D eigenvalue weighted by molar-refractivity contribution is 0.369. The third-order valence-electron chi connectivity index (χ3n) is 4.95. The quantitative estimate of drug-likeness (QED) is 0.659. The average Bonchev–Trinajstić information content (AvgIpc) is 2.65. The molecule has 0 spiro atoms. The maximum absolute atomic E-state index is 10.0. The van der Waals surface area contributed by atoms with E-state index in [-0.39, 0.29) is 0 Å². The zero-order valence-corrected chi connectivity index (χ0v) is 15.9. The van der Waals surface area contributed by atoms with Gasteiger partial charge in [0, 0.05) is 39.8 Å². The summed E-state index contributed by atoms with van der Waals surface area (Å²) in [6, 6.07) is 14.1. The topological polar surface area (TPSA) is 51.1 Å². The highest BCUT2D eigenvalue weighted by Gasteiger charge is 2.21. The van der Waals surface area contributed by atoms with Crippen LogP contribution in [0, 0.1) is 13.8 Å². The summed E-state index contributed by atoms with van der Waals surface area (Å²) in [5.74, 6) is 1.28. The van der Waals surface area contributed by atoms with Gasteiger partial charge in [-0.1, -0.05) is 35.9 Å². The Morgan fingerprint density at radius 2 is 1.81 bits per heavy atom. The van der Waals surface area contributed by atoms with E-state index in [1.807, 2.05) is 25.2 Å². The fourth-order valence-corrected chi connectivity index (χ4v) is 3.44. The molecular formula is C21H28N4O. The number of guanidine groups is 1. The number of hydrogen-bond acceptors (Lipinski definition) is 3. The van der Waals surface area contributed by atoms with E-state index in [0.29, 0.717) is 5.75 Å². The highest BCUT2D eigenvalue weighted by molar-refractivity contribution is 5.80. The largest absolute Gasteiger partial charge is 0.506 e. The molecule has 1 heterocycles. The first-order valence-corrected chi connectivity index (χ1v) is 9.13. The molecule has 0 aliphatic carbocycles. The van der Waals surface area contributed by atoms with Gasteiger partial charge >= 0.3 is 0 Å². The van der Waals surface area contributed by atoms with Crippen LogP contribution < -0.4 is 10.2 Å². The molecule has 1 aliphatic rings. The van der Waals surface area contributed by atoms with Gasteiger partial charge in [-0.25, -0.2) is 0 Å². The molecule has 0 unspecified atom stereocenters. The van der Waals surface area contributed by atoms with Gasteiger partial charge in [-0.15, -0.1) is 0 Å². The lowest BCUT2D eigenvalue weighted by Gasteiger charge is -2.37. The van der Waals surface area contributed by atoms with Crippen LogP contribution in [0.25, 0.3) is 0 Å². The lowest BCUT2D eigenvalue weighted by Crippen LogP contribution is -2.52. The fourth-order valence-electron chi connectivity index (χ4n) is 3.44. The van der Waals surface area contributed by atoms with Crippen molar-refractivity contribution >= 4 is 11.6 Å². The second-order valence-corrected chi connectivity index (χ2v) is 6.79. The summed E-state index contributed by atoms with van der Waals surface area (Å²) < 4.78 is 0. The van der Waals surface area contributed by atoms with Crippen molar-refractivity contribution in [3.05, 3.63) is 59.2 Å². The van der Waals surface area contributed by atoms with Gasteiger partial charge in [0.2, 0.25) is 0 Å². The van der Waals surface area contributed by atoms with Gasteiger partial charge in [0.05, 0.1) is 5.69 Å². The third kappa shape index (κ3) is 4.10. The molecule has 5 heteroatoms. The molecule has 0 atom stereocenters. The van der Waals surface area contributed by atoms with E-state index in [0.717, 1.165) is 44.4 Å². The van der Waals surface area contributed by atoms with Gasteiger partial charge in [0.1, 0.15) is 5.75 Å². The number of benzene rings is 2. The number of aryl methyl sites for hydroxylation is 2. The molecule has 0 saturated carbocycles. The minimum atomic E-state index is 0.346. The predicted molar refractivity (Wildman–Crippen MR) is 108 cm³/mol. The molecule has 5 nitrogen and oxygen atoms in total. The van der Waals surface area contributed by atoms with Crippen LogP contribution in [-0.4, -0.2) is 49.2 Å². The Morgan fingerprint density at radius 3 is 2.46 bits per heavy atom. The molecule has 0 bridgehead atoms. The molecule has 0 aromatic heterocycles. The van der Waals surface area contributed by atoms with E-state index in [4.69, 9.17) is 0 Å². The van der Waals surface area contributed by atoms with Crippen LogP contribution in [-0.2, 0) is 6.54 Å². The number of aromatic hydroxyl groups is 1. The normalized spacial score (nSPS) is 15.3. The third-order valence-corrected chi connectivity index (χ3v) is 4.95. The van der Waals surface area contributed by atoms with Gasteiger partial charge in [0.25, 0.3) is 0 Å². The first-order chi connectivity index (χ1) is 12.6. The fraction of sp³-hybridized carbons (Fsp3) is 0.381. The minimum Gasteiger partial charge on any atom is -0.506 e. The van der Waals surface area contributed by atoms with Crippen molar-refractivity contribution in [2.24, 2.45) is 4.99 Å². The van der Waals surface area contributed by atoms with Crippen molar-refractivity contribution in [2.45, 2.75) is 20.4 Å². The Hall–Kier alpha value is -2.69. The average molecular weight is 352 g/mol. The maximum atomic E-state index is 10.0. The van der Waals surface area contributed by atoms with E-state index in [2.05, 4.69) is 52.2 Å². The number of hydrogen-bond donors (Lipinski definition) is 2. The van der Waals surface area contributed by atoms with Crippen molar-refractivity contribution in [1.82, 2.24) is 10.2 Å². The van der Waals surface area contributed by atoms with E-state index in [1.54, 1.807) is 6.07 Å². The molecule has 1 aliphatic heterocycles. The summed E-state index contributed by atoms with van der Waals surface area (Å²) in [5.41, 5.74) is 4.79. The second-order valence-electron chi connectivity index (χ2n) is 6.79.